The molecule has 0 saturated carbocycles. The van der Waals surface area contributed by atoms with E-state index >= 15 is 0 Å². The summed E-state index contributed by atoms with van der Waals surface area (Å²) in [5.41, 5.74) is -0.203. The van der Waals surface area contributed by atoms with Crippen molar-refractivity contribution in [3.8, 4) is 0 Å². The minimum absolute atomic E-state index is 0.116. The van der Waals surface area contributed by atoms with Crippen LogP contribution >= 0.6 is 34.8 Å². The number of carbonyl (C=O) groups excluding carboxylic acids is 1. The highest BCUT2D eigenvalue weighted by atomic mass is 35.5. The van der Waals surface area contributed by atoms with Gasteiger partial charge in [-0.3, -0.25) is 4.79 Å². The maximum Gasteiger partial charge on any atom is 0.254 e. The highest BCUT2D eigenvalue weighted by Gasteiger charge is 2.25. The third-order valence-electron chi connectivity index (χ3n) is 2.33. The molecule has 112 valence electrons. The number of primary sulfonamides is 1. The van der Waals surface area contributed by atoms with Gasteiger partial charge in [-0.25, -0.2) is 13.6 Å². The van der Waals surface area contributed by atoms with E-state index in [1.165, 1.54) is 0 Å². The van der Waals surface area contributed by atoms with Gasteiger partial charge in [0.15, 0.2) is 0 Å². The van der Waals surface area contributed by atoms with Crippen molar-refractivity contribution in [2.24, 2.45) is 11.1 Å². The Morgan fingerprint density at radius 3 is 2.30 bits per heavy atom. The summed E-state index contributed by atoms with van der Waals surface area (Å²) in [5, 5.41) is 7.03. The first-order valence-corrected chi connectivity index (χ1v) is 8.22. The van der Waals surface area contributed by atoms with Gasteiger partial charge in [0.25, 0.3) is 5.91 Å². The van der Waals surface area contributed by atoms with E-state index in [0.717, 1.165) is 6.07 Å². The lowest BCUT2D eigenvalue weighted by Crippen LogP contribution is -2.28. The number of nitrogens with two attached hydrogens (primary N) is 1. The van der Waals surface area contributed by atoms with Crippen LogP contribution in [0.1, 0.15) is 24.2 Å². The lowest BCUT2D eigenvalue weighted by atomic mass is 10.2. The Hall–Kier alpha value is -0.530. The molecular formula is C11H13Cl3N2O3S. The van der Waals surface area contributed by atoms with Crippen LogP contribution in [0.5, 0.6) is 0 Å². The molecule has 0 atom stereocenters. The number of rotatable bonds is 4. The third kappa shape index (κ3) is 3.99. The van der Waals surface area contributed by atoms with Crippen LogP contribution in [-0.4, -0.2) is 20.9 Å². The minimum atomic E-state index is -4.12. The molecular weight excluding hydrogens is 347 g/mol. The van der Waals surface area contributed by atoms with Crippen molar-refractivity contribution >= 4 is 50.7 Å². The second kappa shape index (κ2) is 6.49. The monoisotopic (exact) mass is 358 g/mol. The molecule has 0 bridgehead atoms. The van der Waals surface area contributed by atoms with Crippen LogP contribution in [-0.2, 0) is 10.0 Å². The molecule has 0 saturated heterocycles. The maximum absolute atomic E-state index is 12.0. The van der Waals surface area contributed by atoms with Gasteiger partial charge < -0.3 is 5.32 Å². The number of sulfonamides is 1. The van der Waals surface area contributed by atoms with Crippen LogP contribution in [0.25, 0.3) is 0 Å². The molecule has 0 fully saturated rings. The predicted molar refractivity (Wildman–Crippen MR) is 80.0 cm³/mol. The summed E-state index contributed by atoms with van der Waals surface area (Å²) < 4.78 is 22.8. The van der Waals surface area contributed by atoms with Crippen molar-refractivity contribution in [1.82, 2.24) is 5.32 Å². The lowest BCUT2D eigenvalue weighted by molar-refractivity contribution is 0.0949. The number of halogens is 3. The Kier molecular flexibility index (Phi) is 5.69. The lowest BCUT2D eigenvalue weighted by Gasteiger charge is -2.13. The zero-order chi connectivity index (χ0) is 15.7. The largest absolute Gasteiger partial charge is 0.352 e. The number of hydrogen-bond acceptors (Lipinski definition) is 3. The Morgan fingerprint density at radius 2 is 1.85 bits per heavy atom. The van der Waals surface area contributed by atoms with Crippen LogP contribution in [0.3, 0.4) is 0 Å². The molecule has 1 amide bonds. The van der Waals surface area contributed by atoms with E-state index in [-0.39, 0.29) is 26.5 Å². The molecule has 0 aliphatic heterocycles. The van der Waals surface area contributed by atoms with Crippen molar-refractivity contribution in [2.45, 2.75) is 18.7 Å². The second-order valence-corrected chi connectivity index (χ2v) is 7.20. The van der Waals surface area contributed by atoms with Gasteiger partial charge in [0.05, 0.1) is 20.6 Å². The molecule has 20 heavy (non-hydrogen) atoms. The highest BCUT2D eigenvalue weighted by molar-refractivity contribution is 7.89. The standard InChI is InChI=1S/C11H13Cl3N2O3S/c1-5(2)4-16-11(17)8-9(13)6(12)3-7(10(8)14)20(15,18)19/h3,5H,4H2,1-2H3,(H,16,17)(H2,15,18,19). The van der Waals surface area contributed by atoms with Gasteiger partial charge in [0.2, 0.25) is 10.0 Å². The first kappa shape index (κ1) is 17.5. The molecule has 0 spiro atoms. The Bertz CT molecular complexity index is 645. The topological polar surface area (TPSA) is 89.3 Å². The Morgan fingerprint density at radius 1 is 1.30 bits per heavy atom. The maximum atomic E-state index is 12.0. The van der Waals surface area contributed by atoms with Gasteiger partial charge in [-0.2, -0.15) is 0 Å². The number of amides is 1. The summed E-state index contributed by atoms with van der Waals surface area (Å²) in [7, 11) is -4.12. The molecule has 1 rings (SSSR count). The van der Waals surface area contributed by atoms with Gasteiger partial charge in [-0.05, 0) is 12.0 Å². The van der Waals surface area contributed by atoms with Crippen molar-refractivity contribution in [2.75, 3.05) is 6.54 Å². The molecule has 1 aromatic rings. The van der Waals surface area contributed by atoms with Crippen molar-refractivity contribution in [3.05, 3.63) is 26.7 Å². The first-order valence-electron chi connectivity index (χ1n) is 5.54. The number of hydrogen-bond donors (Lipinski definition) is 2. The van der Waals surface area contributed by atoms with E-state index in [9.17, 15) is 13.2 Å². The number of carbonyl (C=O) groups is 1. The fourth-order valence-corrected chi connectivity index (χ4v) is 3.12. The highest BCUT2D eigenvalue weighted by Crippen LogP contribution is 2.36. The van der Waals surface area contributed by atoms with Gasteiger partial charge in [0, 0.05) is 6.54 Å². The molecule has 3 N–H and O–H groups in total. The van der Waals surface area contributed by atoms with Crippen LogP contribution in [0.2, 0.25) is 15.1 Å². The molecule has 0 heterocycles. The summed E-state index contributed by atoms with van der Waals surface area (Å²) in [6.07, 6.45) is 0. The first-order chi connectivity index (χ1) is 9.05. The van der Waals surface area contributed by atoms with Gasteiger partial charge in [0.1, 0.15) is 4.90 Å². The van der Waals surface area contributed by atoms with Crippen LogP contribution in [0.15, 0.2) is 11.0 Å². The summed E-state index contributed by atoms with van der Waals surface area (Å²) in [5.74, 6) is -0.408. The van der Waals surface area contributed by atoms with Crippen LogP contribution < -0.4 is 10.5 Å². The average molecular weight is 360 g/mol. The molecule has 5 nitrogen and oxygen atoms in total. The van der Waals surface area contributed by atoms with E-state index in [2.05, 4.69) is 5.32 Å². The fourth-order valence-electron chi connectivity index (χ4n) is 1.37. The zero-order valence-corrected chi connectivity index (χ0v) is 13.8. The molecule has 9 heteroatoms. The Labute approximate surface area is 132 Å². The molecule has 0 aromatic heterocycles. The molecule has 1 aromatic carbocycles. The van der Waals surface area contributed by atoms with Crippen LogP contribution in [0.4, 0.5) is 0 Å². The van der Waals surface area contributed by atoms with E-state index in [1.807, 2.05) is 13.8 Å². The van der Waals surface area contributed by atoms with Gasteiger partial charge in [-0.15, -0.1) is 0 Å². The van der Waals surface area contributed by atoms with Crippen molar-refractivity contribution in [1.29, 1.82) is 0 Å². The smallest absolute Gasteiger partial charge is 0.254 e. The van der Waals surface area contributed by atoms with Crippen molar-refractivity contribution < 1.29 is 13.2 Å². The minimum Gasteiger partial charge on any atom is -0.352 e. The normalized spacial score (nSPS) is 11.8. The van der Waals surface area contributed by atoms with E-state index in [0.29, 0.717) is 6.54 Å². The van der Waals surface area contributed by atoms with Crippen molar-refractivity contribution in [3.63, 3.8) is 0 Å². The summed E-state index contributed by atoms with van der Waals surface area (Å²) in [6.45, 7) is 4.18. The Balaban J connectivity index is 3.39. The van der Waals surface area contributed by atoms with Gasteiger partial charge >= 0.3 is 0 Å². The quantitative estimate of drug-likeness (QED) is 0.810. The summed E-state index contributed by atoms with van der Waals surface area (Å²) >= 11 is 17.6. The number of nitrogens with one attached hydrogen (secondary N) is 1. The number of benzene rings is 1. The second-order valence-electron chi connectivity index (χ2n) is 4.51. The zero-order valence-electron chi connectivity index (χ0n) is 10.7. The predicted octanol–water partition coefficient (Wildman–Crippen LogP) is 2.68. The SMILES string of the molecule is CC(C)CNC(=O)c1c(Cl)c(Cl)cc(S(N)(=O)=O)c1Cl. The fraction of sp³-hybridized carbons (Fsp3) is 0.364. The molecule has 0 aliphatic rings. The molecule has 0 unspecified atom stereocenters. The van der Waals surface area contributed by atoms with E-state index in [4.69, 9.17) is 39.9 Å². The third-order valence-corrected chi connectivity index (χ3v) is 4.55. The molecule has 0 radical (unpaired) electrons. The van der Waals surface area contributed by atoms with Gasteiger partial charge in [-0.1, -0.05) is 48.7 Å². The molecule has 0 aliphatic carbocycles. The summed E-state index contributed by atoms with van der Waals surface area (Å²) in [6, 6.07) is 1.01. The van der Waals surface area contributed by atoms with E-state index < -0.39 is 20.8 Å². The van der Waals surface area contributed by atoms with E-state index in [1.54, 1.807) is 0 Å². The average Bonchev–Trinajstić information content (AvgIpc) is 2.30. The summed E-state index contributed by atoms with van der Waals surface area (Å²) in [4.78, 5) is 11.6. The van der Waals surface area contributed by atoms with Crippen LogP contribution in [0, 0.1) is 5.92 Å².